The molecule has 3 rings (SSSR count). The minimum absolute atomic E-state index is 0.0815. The van der Waals surface area contributed by atoms with Crippen LogP contribution in [0, 0.1) is 0 Å². The molecule has 0 bridgehead atoms. The van der Waals surface area contributed by atoms with Gasteiger partial charge >= 0.3 is 0 Å². The van der Waals surface area contributed by atoms with Crippen molar-refractivity contribution in [3.63, 3.8) is 0 Å². The molecular formula is C17H12BrNOS. The van der Waals surface area contributed by atoms with Gasteiger partial charge in [-0.1, -0.05) is 52.3 Å². The van der Waals surface area contributed by atoms with Crippen LogP contribution in [-0.2, 0) is 0 Å². The Bertz CT molecular complexity index is 767. The smallest absolute Gasteiger partial charge is 0.266 e. The van der Waals surface area contributed by atoms with Crippen LogP contribution < -0.4 is 5.32 Å². The van der Waals surface area contributed by atoms with Crippen LogP contribution in [0.15, 0.2) is 70.5 Å². The highest BCUT2D eigenvalue weighted by molar-refractivity contribution is 9.10. The maximum Gasteiger partial charge on any atom is 0.266 e. The lowest BCUT2D eigenvalue weighted by Gasteiger charge is -2.06. The molecule has 21 heavy (non-hydrogen) atoms. The van der Waals surface area contributed by atoms with Crippen LogP contribution in [0.3, 0.4) is 0 Å². The Kier molecular flexibility index (Phi) is 4.18. The van der Waals surface area contributed by atoms with E-state index in [1.807, 2.05) is 66.0 Å². The maximum absolute atomic E-state index is 12.5. The van der Waals surface area contributed by atoms with Crippen LogP contribution in [-0.4, -0.2) is 5.91 Å². The summed E-state index contributed by atoms with van der Waals surface area (Å²) in [6.07, 6.45) is 0. The predicted octanol–water partition coefficient (Wildman–Crippen LogP) is 5.43. The Labute approximate surface area is 135 Å². The van der Waals surface area contributed by atoms with Gasteiger partial charge in [0.2, 0.25) is 0 Å². The van der Waals surface area contributed by atoms with Crippen molar-refractivity contribution in [3.05, 3.63) is 75.4 Å². The molecule has 1 heterocycles. The standard InChI is InChI=1S/C17H12BrNOS/c18-13-7-4-8-14(11-13)19-17(20)16-15(9-10-21-16)12-5-2-1-3-6-12/h1-11H,(H,19,20). The molecule has 0 aliphatic heterocycles. The highest BCUT2D eigenvalue weighted by atomic mass is 79.9. The van der Waals surface area contributed by atoms with Crippen molar-refractivity contribution >= 4 is 38.9 Å². The van der Waals surface area contributed by atoms with Crippen LogP contribution in [0.4, 0.5) is 5.69 Å². The van der Waals surface area contributed by atoms with Gasteiger partial charge in [-0.25, -0.2) is 0 Å². The van der Waals surface area contributed by atoms with Crippen LogP contribution in [0.1, 0.15) is 9.67 Å². The quantitative estimate of drug-likeness (QED) is 0.665. The molecule has 0 spiro atoms. The minimum atomic E-state index is -0.0815. The molecule has 0 unspecified atom stereocenters. The molecular weight excluding hydrogens is 346 g/mol. The van der Waals surface area contributed by atoms with Crippen LogP contribution >= 0.6 is 27.3 Å². The second-order valence-electron chi connectivity index (χ2n) is 4.49. The number of anilines is 1. The van der Waals surface area contributed by atoms with E-state index in [0.717, 1.165) is 26.2 Å². The largest absolute Gasteiger partial charge is 0.321 e. The summed E-state index contributed by atoms with van der Waals surface area (Å²) in [5.74, 6) is -0.0815. The summed E-state index contributed by atoms with van der Waals surface area (Å²) in [4.78, 5) is 13.2. The van der Waals surface area contributed by atoms with Crippen LogP contribution in [0.2, 0.25) is 0 Å². The van der Waals surface area contributed by atoms with Gasteiger partial charge in [-0.05, 0) is 35.2 Å². The Morgan fingerprint density at radius 2 is 1.81 bits per heavy atom. The monoisotopic (exact) mass is 357 g/mol. The molecule has 1 N–H and O–H groups in total. The minimum Gasteiger partial charge on any atom is -0.321 e. The van der Waals surface area contributed by atoms with Crippen LogP contribution in [0.5, 0.6) is 0 Å². The molecule has 104 valence electrons. The summed E-state index contributed by atoms with van der Waals surface area (Å²) in [5, 5.41) is 4.88. The molecule has 0 atom stereocenters. The Balaban J connectivity index is 1.88. The van der Waals surface area contributed by atoms with Crippen molar-refractivity contribution in [2.45, 2.75) is 0 Å². The molecule has 2 aromatic carbocycles. The van der Waals surface area contributed by atoms with E-state index < -0.39 is 0 Å². The maximum atomic E-state index is 12.5. The van der Waals surface area contributed by atoms with Gasteiger partial charge in [-0.15, -0.1) is 11.3 Å². The summed E-state index contributed by atoms with van der Waals surface area (Å²) >= 11 is 4.86. The second-order valence-corrected chi connectivity index (χ2v) is 6.33. The van der Waals surface area contributed by atoms with E-state index in [9.17, 15) is 4.79 Å². The lowest BCUT2D eigenvalue weighted by molar-refractivity contribution is 0.103. The number of nitrogens with one attached hydrogen (secondary N) is 1. The van der Waals surface area contributed by atoms with Gasteiger partial charge in [0, 0.05) is 15.7 Å². The van der Waals surface area contributed by atoms with Gasteiger partial charge < -0.3 is 5.32 Å². The van der Waals surface area contributed by atoms with E-state index in [1.54, 1.807) is 0 Å². The SMILES string of the molecule is O=C(Nc1cccc(Br)c1)c1sccc1-c1ccccc1. The van der Waals surface area contributed by atoms with Crippen molar-refractivity contribution in [2.75, 3.05) is 5.32 Å². The van der Waals surface area contributed by atoms with E-state index >= 15 is 0 Å². The number of thiophene rings is 1. The molecule has 0 radical (unpaired) electrons. The molecule has 0 saturated carbocycles. The molecule has 0 saturated heterocycles. The summed E-state index contributed by atoms with van der Waals surface area (Å²) in [6.45, 7) is 0. The third-order valence-electron chi connectivity index (χ3n) is 3.04. The summed E-state index contributed by atoms with van der Waals surface area (Å²) in [6, 6.07) is 19.5. The molecule has 0 fully saturated rings. The molecule has 1 amide bonds. The van der Waals surface area contributed by atoms with E-state index in [1.165, 1.54) is 11.3 Å². The van der Waals surface area contributed by atoms with Gasteiger partial charge in [-0.2, -0.15) is 0 Å². The van der Waals surface area contributed by atoms with Crippen molar-refractivity contribution in [2.24, 2.45) is 0 Å². The number of hydrogen-bond donors (Lipinski definition) is 1. The average molecular weight is 358 g/mol. The zero-order chi connectivity index (χ0) is 14.7. The molecule has 0 aliphatic carbocycles. The highest BCUT2D eigenvalue weighted by Crippen LogP contribution is 2.29. The first-order valence-electron chi connectivity index (χ1n) is 6.44. The van der Waals surface area contributed by atoms with E-state index in [4.69, 9.17) is 0 Å². The first-order chi connectivity index (χ1) is 10.2. The van der Waals surface area contributed by atoms with E-state index in [-0.39, 0.29) is 5.91 Å². The number of rotatable bonds is 3. The van der Waals surface area contributed by atoms with E-state index in [0.29, 0.717) is 0 Å². The van der Waals surface area contributed by atoms with Crippen molar-refractivity contribution < 1.29 is 4.79 Å². The zero-order valence-electron chi connectivity index (χ0n) is 11.0. The fourth-order valence-electron chi connectivity index (χ4n) is 2.08. The summed E-state index contributed by atoms with van der Waals surface area (Å²) < 4.78 is 0.940. The van der Waals surface area contributed by atoms with Crippen molar-refractivity contribution in [3.8, 4) is 11.1 Å². The summed E-state index contributed by atoms with van der Waals surface area (Å²) in [5.41, 5.74) is 2.80. The van der Waals surface area contributed by atoms with Gasteiger partial charge in [0.05, 0.1) is 4.88 Å². The van der Waals surface area contributed by atoms with Crippen LogP contribution in [0.25, 0.3) is 11.1 Å². The third kappa shape index (κ3) is 3.23. The number of benzene rings is 2. The number of amides is 1. The highest BCUT2D eigenvalue weighted by Gasteiger charge is 2.14. The summed E-state index contributed by atoms with van der Waals surface area (Å²) in [7, 11) is 0. The van der Waals surface area contributed by atoms with Crippen molar-refractivity contribution in [1.29, 1.82) is 0 Å². The van der Waals surface area contributed by atoms with Crippen molar-refractivity contribution in [1.82, 2.24) is 0 Å². The molecule has 0 aliphatic rings. The predicted molar refractivity (Wildman–Crippen MR) is 91.9 cm³/mol. The van der Waals surface area contributed by atoms with Gasteiger partial charge in [0.25, 0.3) is 5.91 Å². The molecule has 1 aromatic heterocycles. The number of carbonyl (C=O) groups is 1. The Morgan fingerprint density at radius 3 is 2.57 bits per heavy atom. The normalized spacial score (nSPS) is 10.3. The number of hydrogen-bond acceptors (Lipinski definition) is 2. The zero-order valence-corrected chi connectivity index (χ0v) is 13.4. The molecule has 3 aromatic rings. The molecule has 2 nitrogen and oxygen atoms in total. The lowest BCUT2D eigenvalue weighted by Crippen LogP contribution is -2.11. The lowest BCUT2D eigenvalue weighted by atomic mass is 10.1. The first-order valence-corrected chi connectivity index (χ1v) is 8.11. The second kappa shape index (κ2) is 6.24. The Morgan fingerprint density at radius 1 is 1.00 bits per heavy atom. The number of halogens is 1. The first kappa shape index (κ1) is 14.0. The topological polar surface area (TPSA) is 29.1 Å². The Hall–Kier alpha value is -1.91. The fourth-order valence-corrected chi connectivity index (χ4v) is 3.29. The third-order valence-corrected chi connectivity index (χ3v) is 4.45. The average Bonchev–Trinajstić information content (AvgIpc) is 2.98. The van der Waals surface area contributed by atoms with E-state index in [2.05, 4.69) is 21.2 Å². The molecule has 4 heteroatoms. The van der Waals surface area contributed by atoms with Gasteiger partial charge in [0.1, 0.15) is 0 Å². The van der Waals surface area contributed by atoms with Gasteiger partial charge in [-0.3, -0.25) is 4.79 Å². The fraction of sp³-hybridized carbons (Fsp3) is 0. The van der Waals surface area contributed by atoms with Gasteiger partial charge in [0.15, 0.2) is 0 Å². The number of carbonyl (C=O) groups excluding carboxylic acids is 1.